The van der Waals surface area contributed by atoms with Gasteiger partial charge in [0.2, 0.25) is 5.91 Å². The number of benzene rings is 1. The van der Waals surface area contributed by atoms with E-state index in [9.17, 15) is 22.4 Å². The number of alkyl halides is 3. The largest absolute Gasteiger partial charge is 0.418 e. The highest BCUT2D eigenvalue weighted by molar-refractivity contribution is 7.81. The summed E-state index contributed by atoms with van der Waals surface area (Å²) in [4.78, 5) is 12.6. The molecule has 0 saturated carbocycles. The molecule has 2 rings (SSSR count). The molecule has 0 aromatic heterocycles. The molecule has 1 atom stereocenters. The Labute approximate surface area is 106 Å². The van der Waals surface area contributed by atoms with Crippen molar-refractivity contribution < 1.29 is 22.4 Å². The Morgan fingerprint density at radius 2 is 2.00 bits per heavy atom. The van der Waals surface area contributed by atoms with Crippen molar-refractivity contribution in [3.8, 4) is 0 Å². The molecule has 18 heavy (non-hydrogen) atoms. The molecular formula is C11H9F4NOS. The number of rotatable bonds is 1. The van der Waals surface area contributed by atoms with E-state index in [2.05, 4.69) is 12.6 Å². The van der Waals surface area contributed by atoms with Crippen LogP contribution in [-0.4, -0.2) is 17.7 Å². The molecule has 1 aliphatic heterocycles. The van der Waals surface area contributed by atoms with Crippen LogP contribution in [0.1, 0.15) is 12.0 Å². The van der Waals surface area contributed by atoms with Crippen LogP contribution in [0.3, 0.4) is 0 Å². The van der Waals surface area contributed by atoms with Crippen molar-refractivity contribution >= 4 is 24.2 Å². The average Bonchev–Trinajstić information content (AvgIpc) is 2.56. The van der Waals surface area contributed by atoms with Crippen molar-refractivity contribution in [1.29, 1.82) is 0 Å². The van der Waals surface area contributed by atoms with Gasteiger partial charge in [0, 0.05) is 18.2 Å². The topological polar surface area (TPSA) is 20.3 Å². The van der Waals surface area contributed by atoms with E-state index in [0.29, 0.717) is 6.07 Å². The predicted molar refractivity (Wildman–Crippen MR) is 61.1 cm³/mol. The van der Waals surface area contributed by atoms with E-state index in [1.54, 1.807) is 0 Å². The maximum absolute atomic E-state index is 12.9. The van der Waals surface area contributed by atoms with Crippen LogP contribution < -0.4 is 4.90 Å². The van der Waals surface area contributed by atoms with Gasteiger partial charge in [0.15, 0.2) is 0 Å². The molecule has 98 valence electrons. The lowest BCUT2D eigenvalue weighted by atomic mass is 10.1. The highest BCUT2D eigenvalue weighted by Gasteiger charge is 2.38. The summed E-state index contributed by atoms with van der Waals surface area (Å²) < 4.78 is 51.3. The smallest absolute Gasteiger partial charge is 0.311 e. The Morgan fingerprint density at radius 1 is 1.33 bits per heavy atom. The van der Waals surface area contributed by atoms with E-state index in [1.165, 1.54) is 0 Å². The zero-order valence-corrected chi connectivity index (χ0v) is 9.93. The SMILES string of the molecule is O=C1CC(S)CN1c1ccc(F)cc1C(F)(F)F. The number of hydrogen-bond donors (Lipinski definition) is 1. The van der Waals surface area contributed by atoms with Gasteiger partial charge in [-0.2, -0.15) is 25.8 Å². The third-order valence-electron chi connectivity index (χ3n) is 2.66. The summed E-state index contributed by atoms with van der Waals surface area (Å²) >= 11 is 4.07. The molecule has 7 heteroatoms. The first kappa shape index (κ1) is 13.2. The number of nitrogens with zero attached hydrogens (tertiary/aromatic N) is 1. The minimum Gasteiger partial charge on any atom is -0.311 e. The monoisotopic (exact) mass is 279 g/mol. The third kappa shape index (κ3) is 2.45. The van der Waals surface area contributed by atoms with Crippen LogP contribution in [0.15, 0.2) is 18.2 Å². The minimum atomic E-state index is -4.70. The van der Waals surface area contributed by atoms with Crippen LogP contribution in [0, 0.1) is 5.82 Å². The number of carbonyl (C=O) groups excluding carboxylic acids is 1. The second kappa shape index (κ2) is 4.46. The summed E-state index contributed by atoms with van der Waals surface area (Å²) in [6.45, 7) is 0.0939. The Balaban J connectivity index is 2.48. The van der Waals surface area contributed by atoms with Crippen molar-refractivity contribution in [3.63, 3.8) is 0 Å². The second-order valence-corrected chi connectivity index (χ2v) is 4.75. The zero-order chi connectivity index (χ0) is 13.5. The number of thiol groups is 1. The molecule has 1 aliphatic rings. The van der Waals surface area contributed by atoms with Crippen LogP contribution in [0.25, 0.3) is 0 Å². The van der Waals surface area contributed by atoms with Crippen molar-refractivity contribution in [2.24, 2.45) is 0 Å². The van der Waals surface area contributed by atoms with E-state index in [0.717, 1.165) is 17.0 Å². The normalized spacial score (nSPS) is 20.6. The molecule has 1 amide bonds. The fourth-order valence-corrected chi connectivity index (χ4v) is 2.21. The first-order valence-corrected chi connectivity index (χ1v) is 5.66. The van der Waals surface area contributed by atoms with Crippen LogP contribution in [0.4, 0.5) is 23.2 Å². The third-order valence-corrected chi connectivity index (χ3v) is 3.01. The molecule has 2 nitrogen and oxygen atoms in total. The number of hydrogen-bond acceptors (Lipinski definition) is 2. The molecule has 1 fully saturated rings. The van der Waals surface area contributed by atoms with Gasteiger partial charge in [-0.15, -0.1) is 0 Å². The molecule has 1 heterocycles. The lowest BCUT2D eigenvalue weighted by molar-refractivity contribution is -0.137. The maximum atomic E-state index is 12.9. The van der Waals surface area contributed by atoms with Crippen molar-refractivity contribution in [2.75, 3.05) is 11.4 Å². The highest BCUT2D eigenvalue weighted by Crippen LogP contribution is 2.38. The Hall–Kier alpha value is -1.24. The molecule has 1 unspecified atom stereocenters. The standard InChI is InChI=1S/C11H9F4NOS/c12-6-1-2-9(8(3-6)11(13,14)15)16-5-7(18)4-10(16)17/h1-3,7,18H,4-5H2. The molecule has 0 aliphatic carbocycles. The fraction of sp³-hybridized carbons (Fsp3) is 0.364. The van der Waals surface area contributed by atoms with Gasteiger partial charge in [-0.1, -0.05) is 0 Å². The van der Waals surface area contributed by atoms with E-state index in [-0.39, 0.29) is 23.9 Å². The summed E-state index contributed by atoms with van der Waals surface area (Å²) in [6, 6.07) is 2.28. The first-order chi connectivity index (χ1) is 8.29. The lowest BCUT2D eigenvalue weighted by Crippen LogP contribution is -2.27. The molecule has 0 spiro atoms. The van der Waals surface area contributed by atoms with Gasteiger partial charge in [-0.3, -0.25) is 4.79 Å². The summed E-state index contributed by atoms with van der Waals surface area (Å²) in [7, 11) is 0. The van der Waals surface area contributed by atoms with Crippen molar-refractivity contribution in [3.05, 3.63) is 29.6 Å². The van der Waals surface area contributed by atoms with Gasteiger partial charge in [-0.25, -0.2) is 4.39 Å². The molecule has 1 saturated heterocycles. The van der Waals surface area contributed by atoms with Crippen LogP contribution in [0.2, 0.25) is 0 Å². The van der Waals surface area contributed by atoms with Crippen molar-refractivity contribution in [1.82, 2.24) is 0 Å². The summed E-state index contributed by atoms with van der Waals surface area (Å²) in [6.07, 6.45) is -4.62. The van der Waals surface area contributed by atoms with Gasteiger partial charge in [0.25, 0.3) is 0 Å². The lowest BCUT2D eigenvalue weighted by Gasteiger charge is -2.21. The molecule has 0 N–H and O–H groups in total. The Kier molecular flexibility index (Phi) is 3.27. The van der Waals surface area contributed by atoms with Gasteiger partial charge in [-0.05, 0) is 18.2 Å². The number of carbonyl (C=O) groups is 1. The number of halogens is 4. The number of amides is 1. The van der Waals surface area contributed by atoms with Gasteiger partial charge in [0.05, 0.1) is 11.3 Å². The molecule has 1 aromatic rings. The van der Waals surface area contributed by atoms with Crippen LogP contribution in [-0.2, 0) is 11.0 Å². The van der Waals surface area contributed by atoms with Gasteiger partial charge in [0.1, 0.15) is 5.82 Å². The van der Waals surface area contributed by atoms with E-state index in [1.807, 2.05) is 0 Å². The molecular weight excluding hydrogens is 270 g/mol. The van der Waals surface area contributed by atoms with Crippen molar-refractivity contribution in [2.45, 2.75) is 17.8 Å². The minimum absolute atomic E-state index is 0.0811. The van der Waals surface area contributed by atoms with Crippen LogP contribution >= 0.6 is 12.6 Å². The molecule has 0 radical (unpaired) electrons. The maximum Gasteiger partial charge on any atom is 0.418 e. The Morgan fingerprint density at radius 3 is 2.50 bits per heavy atom. The van der Waals surface area contributed by atoms with Gasteiger partial charge < -0.3 is 4.90 Å². The van der Waals surface area contributed by atoms with E-state index in [4.69, 9.17) is 0 Å². The highest BCUT2D eigenvalue weighted by atomic mass is 32.1. The van der Waals surface area contributed by atoms with Gasteiger partial charge >= 0.3 is 6.18 Å². The second-order valence-electron chi connectivity index (χ2n) is 4.02. The zero-order valence-electron chi connectivity index (χ0n) is 9.04. The Bertz CT molecular complexity index is 488. The fourth-order valence-electron chi connectivity index (χ4n) is 1.89. The average molecular weight is 279 g/mol. The molecule has 1 aromatic carbocycles. The first-order valence-electron chi connectivity index (χ1n) is 5.14. The summed E-state index contributed by atoms with van der Waals surface area (Å²) in [5.41, 5.74) is -1.45. The van der Waals surface area contributed by atoms with E-state index < -0.39 is 23.5 Å². The summed E-state index contributed by atoms with van der Waals surface area (Å²) in [5.74, 6) is -1.42. The van der Waals surface area contributed by atoms with Crippen LogP contribution in [0.5, 0.6) is 0 Å². The predicted octanol–water partition coefficient (Wildman–Crippen LogP) is 2.88. The molecule has 0 bridgehead atoms. The quantitative estimate of drug-likeness (QED) is 0.619. The summed E-state index contributed by atoms with van der Waals surface area (Å²) in [5, 5.41) is -0.302. The van der Waals surface area contributed by atoms with E-state index >= 15 is 0 Å². The number of anilines is 1.